The number of aromatic nitrogens is 3. The normalized spacial score (nSPS) is 10.1. The summed E-state index contributed by atoms with van der Waals surface area (Å²) in [5.41, 5.74) is 2.14. The molecule has 2 rings (SSSR count). The summed E-state index contributed by atoms with van der Waals surface area (Å²) in [6.07, 6.45) is 3.49. The van der Waals surface area contributed by atoms with Crippen LogP contribution in [0.2, 0.25) is 0 Å². The molecule has 0 saturated heterocycles. The van der Waals surface area contributed by atoms with E-state index >= 15 is 0 Å². The maximum absolute atomic E-state index is 3.91. The molecule has 0 bridgehead atoms. The van der Waals surface area contributed by atoms with Crippen molar-refractivity contribution >= 4 is 5.69 Å². The topological polar surface area (TPSA) is 42.7 Å². The Kier molecular flexibility index (Phi) is 2.44. The van der Waals surface area contributed by atoms with E-state index in [1.807, 2.05) is 30.5 Å². The number of hydrogen-bond donors (Lipinski definition) is 1. The first kappa shape index (κ1) is 8.74. The van der Waals surface area contributed by atoms with Gasteiger partial charge >= 0.3 is 0 Å². The van der Waals surface area contributed by atoms with Crippen LogP contribution >= 0.6 is 0 Å². The van der Waals surface area contributed by atoms with E-state index in [1.165, 1.54) is 0 Å². The highest BCUT2D eigenvalue weighted by molar-refractivity contribution is 5.48. The van der Waals surface area contributed by atoms with Gasteiger partial charge in [0.1, 0.15) is 0 Å². The lowest BCUT2D eigenvalue weighted by Crippen LogP contribution is -1.98. The number of hydrogen-bond acceptors (Lipinski definition) is 3. The number of anilines is 1. The Morgan fingerprint density at radius 1 is 1.29 bits per heavy atom. The molecule has 0 fully saturated rings. The maximum atomic E-state index is 3.91. The molecule has 4 heteroatoms. The van der Waals surface area contributed by atoms with Crippen molar-refractivity contribution in [2.24, 2.45) is 0 Å². The van der Waals surface area contributed by atoms with Crippen LogP contribution in [-0.4, -0.2) is 21.5 Å². The van der Waals surface area contributed by atoms with Crippen molar-refractivity contribution in [1.82, 2.24) is 15.0 Å². The van der Waals surface area contributed by atoms with Crippen LogP contribution in [0.5, 0.6) is 0 Å². The number of benzene rings is 1. The van der Waals surface area contributed by atoms with Gasteiger partial charge in [0.05, 0.1) is 18.1 Å². The molecule has 0 unspecified atom stereocenters. The molecule has 2 aromatic rings. The third-order valence-corrected chi connectivity index (χ3v) is 1.94. The standard InChI is InChI=1S/C10H12N4/c1-2-11-9-3-5-10(6-4-9)14-8-7-12-13-14/h3-8,11H,2H2,1H3. The lowest BCUT2D eigenvalue weighted by molar-refractivity contribution is 0.803. The second-order valence-corrected chi connectivity index (χ2v) is 2.92. The SMILES string of the molecule is CCNc1ccc(-n2ccnn2)cc1. The van der Waals surface area contributed by atoms with Crippen molar-refractivity contribution in [2.75, 3.05) is 11.9 Å². The fourth-order valence-electron chi connectivity index (χ4n) is 1.28. The second-order valence-electron chi connectivity index (χ2n) is 2.92. The van der Waals surface area contributed by atoms with Gasteiger partial charge in [-0.05, 0) is 31.2 Å². The highest BCUT2D eigenvalue weighted by Crippen LogP contribution is 2.11. The summed E-state index contributed by atoms with van der Waals surface area (Å²) in [6, 6.07) is 8.07. The van der Waals surface area contributed by atoms with Crippen molar-refractivity contribution in [3.8, 4) is 5.69 Å². The quantitative estimate of drug-likeness (QED) is 0.797. The van der Waals surface area contributed by atoms with Crippen molar-refractivity contribution in [3.63, 3.8) is 0 Å². The van der Waals surface area contributed by atoms with Gasteiger partial charge in [0.15, 0.2) is 0 Å². The summed E-state index contributed by atoms with van der Waals surface area (Å²) in [5.74, 6) is 0. The predicted octanol–water partition coefficient (Wildman–Crippen LogP) is 1.70. The van der Waals surface area contributed by atoms with E-state index in [2.05, 4.69) is 22.6 Å². The first-order valence-electron chi connectivity index (χ1n) is 4.61. The zero-order chi connectivity index (χ0) is 9.80. The molecule has 1 aromatic carbocycles. The highest BCUT2D eigenvalue weighted by Gasteiger charge is 1.95. The monoisotopic (exact) mass is 188 g/mol. The molecule has 4 nitrogen and oxygen atoms in total. The van der Waals surface area contributed by atoms with Gasteiger partial charge in [-0.25, -0.2) is 4.68 Å². The van der Waals surface area contributed by atoms with E-state index < -0.39 is 0 Å². The van der Waals surface area contributed by atoms with E-state index in [0.717, 1.165) is 17.9 Å². The third kappa shape index (κ3) is 1.74. The van der Waals surface area contributed by atoms with E-state index in [-0.39, 0.29) is 0 Å². The molecule has 0 radical (unpaired) electrons. The largest absolute Gasteiger partial charge is 0.385 e. The minimum atomic E-state index is 0.933. The van der Waals surface area contributed by atoms with Gasteiger partial charge in [-0.3, -0.25) is 0 Å². The second kappa shape index (κ2) is 3.91. The Morgan fingerprint density at radius 3 is 2.64 bits per heavy atom. The zero-order valence-electron chi connectivity index (χ0n) is 8.01. The third-order valence-electron chi connectivity index (χ3n) is 1.94. The summed E-state index contributed by atoms with van der Waals surface area (Å²) >= 11 is 0. The van der Waals surface area contributed by atoms with Crippen LogP contribution in [0.4, 0.5) is 5.69 Å². The van der Waals surface area contributed by atoms with E-state index in [0.29, 0.717) is 0 Å². The minimum absolute atomic E-state index is 0.933. The molecule has 0 saturated carbocycles. The van der Waals surface area contributed by atoms with Crippen LogP contribution in [0.3, 0.4) is 0 Å². The molecule has 1 N–H and O–H groups in total. The Morgan fingerprint density at radius 2 is 2.07 bits per heavy atom. The number of nitrogens with one attached hydrogen (secondary N) is 1. The molecular weight excluding hydrogens is 176 g/mol. The Bertz CT molecular complexity index is 377. The molecule has 0 spiro atoms. The molecule has 0 aliphatic carbocycles. The smallest absolute Gasteiger partial charge is 0.0697 e. The van der Waals surface area contributed by atoms with E-state index in [4.69, 9.17) is 0 Å². The summed E-state index contributed by atoms with van der Waals surface area (Å²) in [7, 11) is 0. The zero-order valence-corrected chi connectivity index (χ0v) is 8.01. The predicted molar refractivity (Wildman–Crippen MR) is 55.5 cm³/mol. The van der Waals surface area contributed by atoms with Crippen LogP contribution in [-0.2, 0) is 0 Å². The fraction of sp³-hybridized carbons (Fsp3) is 0.200. The fourth-order valence-corrected chi connectivity index (χ4v) is 1.28. The van der Waals surface area contributed by atoms with Gasteiger partial charge in [0.2, 0.25) is 0 Å². The van der Waals surface area contributed by atoms with E-state index in [9.17, 15) is 0 Å². The van der Waals surface area contributed by atoms with E-state index in [1.54, 1.807) is 10.9 Å². The molecule has 72 valence electrons. The van der Waals surface area contributed by atoms with Gasteiger partial charge in [-0.15, -0.1) is 5.10 Å². The molecule has 0 amide bonds. The van der Waals surface area contributed by atoms with Crippen LogP contribution in [0.15, 0.2) is 36.7 Å². The molecule has 14 heavy (non-hydrogen) atoms. The van der Waals surface area contributed by atoms with Gasteiger partial charge < -0.3 is 5.32 Å². The average Bonchev–Trinajstić information content (AvgIpc) is 2.72. The maximum Gasteiger partial charge on any atom is 0.0697 e. The average molecular weight is 188 g/mol. The summed E-state index contributed by atoms with van der Waals surface area (Å²) < 4.78 is 1.73. The molecule has 0 aliphatic rings. The van der Waals surface area contributed by atoms with Gasteiger partial charge in [0, 0.05) is 12.2 Å². The molecule has 1 heterocycles. The van der Waals surface area contributed by atoms with Crippen molar-refractivity contribution in [1.29, 1.82) is 0 Å². The molecular formula is C10H12N4. The molecule has 0 atom stereocenters. The Labute approximate surface area is 82.6 Å². The van der Waals surface area contributed by atoms with Crippen LogP contribution in [0, 0.1) is 0 Å². The number of nitrogens with zero attached hydrogens (tertiary/aromatic N) is 3. The van der Waals surface area contributed by atoms with Gasteiger partial charge in [0.25, 0.3) is 0 Å². The molecule has 0 aliphatic heterocycles. The Hall–Kier alpha value is -1.84. The van der Waals surface area contributed by atoms with Gasteiger partial charge in [-0.2, -0.15) is 0 Å². The number of rotatable bonds is 3. The Balaban J connectivity index is 2.22. The molecule has 1 aromatic heterocycles. The minimum Gasteiger partial charge on any atom is -0.385 e. The van der Waals surface area contributed by atoms with Crippen LogP contribution in [0.25, 0.3) is 5.69 Å². The van der Waals surface area contributed by atoms with Gasteiger partial charge in [-0.1, -0.05) is 5.21 Å². The lowest BCUT2D eigenvalue weighted by atomic mass is 10.3. The first-order chi connectivity index (χ1) is 6.90. The van der Waals surface area contributed by atoms with Crippen LogP contribution in [0.1, 0.15) is 6.92 Å². The van der Waals surface area contributed by atoms with Crippen molar-refractivity contribution in [2.45, 2.75) is 6.92 Å². The first-order valence-corrected chi connectivity index (χ1v) is 4.61. The van der Waals surface area contributed by atoms with Crippen LogP contribution < -0.4 is 5.32 Å². The van der Waals surface area contributed by atoms with Crippen molar-refractivity contribution < 1.29 is 0 Å². The highest BCUT2D eigenvalue weighted by atomic mass is 15.4. The summed E-state index contributed by atoms with van der Waals surface area (Å²) in [6.45, 7) is 3.01. The van der Waals surface area contributed by atoms with Crippen molar-refractivity contribution in [3.05, 3.63) is 36.7 Å². The summed E-state index contributed by atoms with van der Waals surface area (Å²) in [4.78, 5) is 0. The summed E-state index contributed by atoms with van der Waals surface area (Å²) in [5, 5.41) is 10.9. The lowest BCUT2D eigenvalue weighted by Gasteiger charge is -2.04.